The number of hydrogen-bond acceptors (Lipinski definition) is 3. The fourth-order valence-electron chi connectivity index (χ4n) is 2.65. The second-order valence-corrected chi connectivity index (χ2v) is 7.14. The van der Waals surface area contributed by atoms with Crippen LogP contribution in [0.3, 0.4) is 0 Å². The molecule has 1 aromatic carbocycles. The van der Waals surface area contributed by atoms with Crippen LogP contribution in [0.15, 0.2) is 23.1 Å². The zero-order valence-electron chi connectivity index (χ0n) is 11.7. The van der Waals surface area contributed by atoms with Crippen LogP contribution in [-0.4, -0.2) is 20.4 Å². The molecule has 1 amide bonds. The number of amides is 1. The SMILES string of the molecule is Cc1ccc(C(=O)NC2CCC(C)C2)cc1S(N)(=O)=O. The summed E-state index contributed by atoms with van der Waals surface area (Å²) in [6.45, 7) is 3.82. The first kappa shape index (κ1) is 15.0. The third-order valence-electron chi connectivity index (χ3n) is 3.79. The van der Waals surface area contributed by atoms with Gasteiger partial charge in [0.25, 0.3) is 5.91 Å². The van der Waals surface area contributed by atoms with Crippen molar-refractivity contribution < 1.29 is 13.2 Å². The van der Waals surface area contributed by atoms with Gasteiger partial charge in [0.05, 0.1) is 4.90 Å². The monoisotopic (exact) mass is 296 g/mol. The number of benzene rings is 1. The predicted molar refractivity (Wildman–Crippen MR) is 76.8 cm³/mol. The molecule has 0 aliphatic heterocycles. The van der Waals surface area contributed by atoms with E-state index in [1.54, 1.807) is 19.1 Å². The molecule has 1 aliphatic carbocycles. The van der Waals surface area contributed by atoms with E-state index in [4.69, 9.17) is 5.14 Å². The number of hydrogen-bond donors (Lipinski definition) is 2. The van der Waals surface area contributed by atoms with Crippen LogP contribution < -0.4 is 10.5 Å². The molecule has 5 nitrogen and oxygen atoms in total. The Morgan fingerprint density at radius 2 is 2.05 bits per heavy atom. The molecule has 0 radical (unpaired) electrons. The number of rotatable bonds is 3. The minimum Gasteiger partial charge on any atom is -0.349 e. The van der Waals surface area contributed by atoms with Crippen LogP contribution in [-0.2, 0) is 10.0 Å². The highest BCUT2D eigenvalue weighted by atomic mass is 32.2. The van der Waals surface area contributed by atoms with E-state index < -0.39 is 10.0 Å². The molecule has 1 saturated carbocycles. The van der Waals surface area contributed by atoms with Gasteiger partial charge in [0.1, 0.15) is 0 Å². The highest BCUT2D eigenvalue weighted by Gasteiger charge is 2.23. The van der Waals surface area contributed by atoms with Gasteiger partial charge in [-0.15, -0.1) is 0 Å². The van der Waals surface area contributed by atoms with E-state index >= 15 is 0 Å². The molecule has 1 fully saturated rings. The fraction of sp³-hybridized carbons (Fsp3) is 0.500. The Hall–Kier alpha value is -1.40. The Morgan fingerprint density at radius 1 is 1.35 bits per heavy atom. The van der Waals surface area contributed by atoms with Crippen molar-refractivity contribution in [1.82, 2.24) is 5.32 Å². The number of aryl methyl sites for hydroxylation is 1. The van der Waals surface area contributed by atoms with Crippen LogP contribution in [0.1, 0.15) is 42.1 Å². The molecule has 6 heteroatoms. The largest absolute Gasteiger partial charge is 0.349 e. The van der Waals surface area contributed by atoms with Crippen molar-refractivity contribution in [3.8, 4) is 0 Å². The summed E-state index contributed by atoms with van der Waals surface area (Å²) in [5.74, 6) is 0.382. The Balaban J connectivity index is 2.19. The zero-order valence-corrected chi connectivity index (χ0v) is 12.5. The number of primary sulfonamides is 1. The van der Waals surface area contributed by atoms with E-state index in [0.29, 0.717) is 17.0 Å². The van der Waals surface area contributed by atoms with Crippen LogP contribution in [0.25, 0.3) is 0 Å². The average molecular weight is 296 g/mol. The van der Waals surface area contributed by atoms with E-state index in [1.807, 2.05) is 0 Å². The van der Waals surface area contributed by atoms with Crippen molar-refractivity contribution in [2.45, 2.75) is 44.0 Å². The number of sulfonamides is 1. The average Bonchev–Trinajstić information content (AvgIpc) is 2.73. The Labute approximate surface area is 119 Å². The molecule has 20 heavy (non-hydrogen) atoms. The van der Waals surface area contributed by atoms with E-state index in [9.17, 15) is 13.2 Å². The van der Waals surface area contributed by atoms with Gasteiger partial charge in [-0.2, -0.15) is 0 Å². The van der Waals surface area contributed by atoms with Gasteiger partial charge in [-0.05, 0) is 49.8 Å². The number of carbonyl (C=O) groups excluding carboxylic acids is 1. The molecular weight excluding hydrogens is 276 g/mol. The van der Waals surface area contributed by atoms with Crippen molar-refractivity contribution in [3.63, 3.8) is 0 Å². The molecule has 2 rings (SSSR count). The van der Waals surface area contributed by atoms with Crippen LogP contribution in [0.2, 0.25) is 0 Å². The number of nitrogens with two attached hydrogens (primary N) is 1. The summed E-state index contributed by atoms with van der Waals surface area (Å²) >= 11 is 0. The lowest BCUT2D eigenvalue weighted by Gasteiger charge is -2.13. The Kier molecular flexibility index (Phi) is 4.15. The van der Waals surface area contributed by atoms with Crippen LogP contribution in [0.5, 0.6) is 0 Å². The van der Waals surface area contributed by atoms with Crippen molar-refractivity contribution in [2.75, 3.05) is 0 Å². The molecule has 0 saturated heterocycles. The maximum atomic E-state index is 12.2. The molecule has 110 valence electrons. The fourth-order valence-corrected chi connectivity index (χ4v) is 3.46. The van der Waals surface area contributed by atoms with Crippen molar-refractivity contribution in [1.29, 1.82) is 0 Å². The van der Waals surface area contributed by atoms with Crippen LogP contribution >= 0.6 is 0 Å². The number of nitrogens with one attached hydrogen (secondary N) is 1. The molecule has 0 spiro atoms. The van der Waals surface area contributed by atoms with E-state index in [1.165, 1.54) is 6.07 Å². The molecule has 0 heterocycles. The van der Waals surface area contributed by atoms with Gasteiger partial charge >= 0.3 is 0 Å². The normalized spacial score (nSPS) is 22.8. The van der Waals surface area contributed by atoms with Gasteiger partial charge < -0.3 is 5.32 Å². The third kappa shape index (κ3) is 3.37. The second-order valence-electron chi connectivity index (χ2n) is 5.61. The van der Waals surface area contributed by atoms with Gasteiger partial charge in [0, 0.05) is 11.6 Å². The van der Waals surface area contributed by atoms with Gasteiger partial charge in [-0.1, -0.05) is 13.0 Å². The van der Waals surface area contributed by atoms with Crippen LogP contribution in [0.4, 0.5) is 0 Å². The van der Waals surface area contributed by atoms with E-state index in [2.05, 4.69) is 12.2 Å². The highest BCUT2D eigenvalue weighted by Crippen LogP contribution is 2.25. The van der Waals surface area contributed by atoms with Gasteiger partial charge in [0.2, 0.25) is 10.0 Å². The first-order valence-electron chi connectivity index (χ1n) is 6.71. The maximum absolute atomic E-state index is 12.2. The van der Waals surface area contributed by atoms with Crippen molar-refractivity contribution in [3.05, 3.63) is 29.3 Å². The van der Waals surface area contributed by atoms with Crippen molar-refractivity contribution in [2.24, 2.45) is 11.1 Å². The summed E-state index contributed by atoms with van der Waals surface area (Å²) in [7, 11) is -3.81. The summed E-state index contributed by atoms with van der Waals surface area (Å²) in [5.41, 5.74) is 0.873. The summed E-state index contributed by atoms with van der Waals surface area (Å²) in [5, 5.41) is 8.10. The standard InChI is InChI=1S/C14H20N2O3S/c1-9-3-6-12(7-9)16-14(17)11-5-4-10(2)13(8-11)20(15,18)19/h4-5,8-9,12H,3,6-7H2,1-2H3,(H,16,17)(H2,15,18,19). The summed E-state index contributed by atoms with van der Waals surface area (Å²) in [6, 6.07) is 4.75. The van der Waals surface area contributed by atoms with Crippen LogP contribution in [0, 0.1) is 12.8 Å². The first-order chi connectivity index (χ1) is 9.27. The van der Waals surface area contributed by atoms with E-state index in [0.717, 1.165) is 19.3 Å². The lowest BCUT2D eigenvalue weighted by Crippen LogP contribution is -2.33. The minimum absolute atomic E-state index is 0.00457. The van der Waals surface area contributed by atoms with Gasteiger partial charge in [-0.25, -0.2) is 13.6 Å². The molecule has 1 aromatic rings. The number of carbonyl (C=O) groups is 1. The molecule has 3 N–H and O–H groups in total. The molecule has 2 unspecified atom stereocenters. The highest BCUT2D eigenvalue weighted by molar-refractivity contribution is 7.89. The van der Waals surface area contributed by atoms with Gasteiger partial charge in [0.15, 0.2) is 0 Å². The molecule has 0 aromatic heterocycles. The summed E-state index contributed by atoms with van der Waals surface area (Å²) in [6.07, 6.45) is 3.06. The Bertz CT molecular complexity index is 625. The topological polar surface area (TPSA) is 89.3 Å². The van der Waals surface area contributed by atoms with E-state index in [-0.39, 0.29) is 16.8 Å². The first-order valence-corrected chi connectivity index (χ1v) is 8.26. The predicted octanol–water partition coefficient (Wildman–Crippen LogP) is 1.56. The Morgan fingerprint density at radius 3 is 2.60 bits per heavy atom. The lowest BCUT2D eigenvalue weighted by molar-refractivity contribution is 0.0937. The summed E-state index contributed by atoms with van der Waals surface area (Å²) < 4.78 is 22.9. The van der Waals surface area contributed by atoms with Gasteiger partial charge in [-0.3, -0.25) is 4.79 Å². The zero-order chi connectivity index (χ0) is 14.9. The lowest BCUT2D eigenvalue weighted by atomic mass is 10.1. The molecule has 1 aliphatic rings. The minimum atomic E-state index is -3.81. The molecular formula is C14H20N2O3S. The molecule has 2 atom stereocenters. The van der Waals surface area contributed by atoms with Crippen molar-refractivity contribution >= 4 is 15.9 Å². The summed E-state index contributed by atoms with van der Waals surface area (Å²) in [4.78, 5) is 12.2. The smallest absolute Gasteiger partial charge is 0.251 e. The third-order valence-corrected chi connectivity index (χ3v) is 4.84. The quantitative estimate of drug-likeness (QED) is 0.887. The second kappa shape index (κ2) is 5.54. The molecule has 0 bridgehead atoms. The maximum Gasteiger partial charge on any atom is 0.251 e.